The van der Waals surface area contributed by atoms with E-state index in [-0.39, 0.29) is 5.91 Å². The standard InChI is InChI=1S/C9H8ClNO2/c1-4-6(10)3-2-5-7(4)11-9(13)8(5)12/h2-3,8,12H,1H3,(H,11,13). The van der Waals surface area contributed by atoms with Crippen molar-refractivity contribution < 1.29 is 9.90 Å². The summed E-state index contributed by atoms with van der Waals surface area (Å²) < 4.78 is 0. The second-order valence-corrected chi connectivity index (χ2v) is 3.44. The first-order valence-electron chi connectivity index (χ1n) is 3.89. The first-order valence-corrected chi connectivity index (χ1v) is 4.27. The molecule has 1 atom stereocenters. The van der Waals surface area contributed by atoms with E-state index in [1.54, 1.807) is 19.1 Å². The molecule has 13 heavy (non-hydrogen) atoms. The molecule has 0 fully saturated rings. The Hall–Kier alpha value is -1.06. The number of anilines is 1. The molecule has 1 amide bonds. The molecule has 3 nitrogen and oxygen atoms in total. The molecular formula is C9H8ClNO2. The molecular weight excluding hydrogens is 190 g/mol. The molecule has 1 unspecified atom stereocenters. The maximum atomic E-state index is 11.1. The van der Waals surface area contributed by atoms with E-state index in [9.17, 15) is 9.90 Å². The summed E-state index contributed by atoms with van der Waals surface area (Å²) in [6, 6.07) is 3.34. The van der Waals surface area contributed by atoms with Gasteiger partial charge in [-0.3, -0.25) is 4.79 Å². The summed E-state index contributed by atoms with van der Waals surface area (Å²) in [6.45, 7) is 1.81. The van der Waals surface area contributed by atoms with E-state index in [1.807, 2.05) is 0 Å². The molecule has 1 aromatic rings. The van der Waals surface area contributed by atoms with Crippen molar-refractivity contribution in [2.75, 3.05) is 5.32 Å². The Morgan fingerprint density at radius 2 is 2.23 bits per heavy atom. The van der Waals surface area contributed by atoms with Gasteiger partial charge in [0.15, 0.2) is 6.10 Å². The number of halogens is 1. The number of benzene rings is 1. The highest BCUT2D eigenvalue weighted by atomic mass is 35.5. The largest absolute Gasteiger partial charge is 0.378 e. The molecule has 1 aromatic carbocycles. The summed E-state index contributed by atoms with van der Waals surface area (Å²) in [5.74, 6) is -0.389. The lowest BCUT2D eigenvalue weighted by atomic mass is 10.1. The number of aliphatic hydroxyl groups is 1. The number of nitrogens with one attached hydrogen (secondary N) is 1. The summed E-state index contributed by atoms with van der Waals surface area (Å²) in [6.07, 6.45) is -1.05. The third-order valence-electron chi connectivity index (χ3n) is 2.22. The van der Waals surface area contributed by atoms with Gasteiger partial charge >= 0.3 is 0 Å². The van der Waals surface area contributed by atoms with Crippen LogP contribution in [0.25, 0.3) is 0 Å². The van der Waals surface area contributed by atoms with Crippen LogP contribution in [0.4, 0.5) is 5.69 Å². The lowest BCUT2D eigenvalue weighted by Crippen LogP contribution is -2.10. The third kappa shape index (κ3) is 1.12. The fourth-order valence-electron chi connectivity index (χ4n) is 1.43. The number of fused-ring (bicyclic) bond motifs is 1. The predicted octanol–water partition coefficient (Wildman–Crippen LogP) is 1.63. The number of rotatable bonds is 0. The van der Waals surface area contributed by atoms with Gasteiger partial charge in [0.05, 0.1) is 5.69 Å². The average molecular weight is 198 g/mol. The van der Waals surface area contributed by atoms with Gasteiger partial charge in [0.25, 0.3) is 5.91 Å². The van der Waals surface area contributed by atoms with Crippen LogP contribution in [0.2, 0.25) is 5.02 Å². The quantitative estimate of drug-likeness (QED) is 0.664. The minimum Gasteiger partial charge on any atom is -0.378 e. The van der Waals surface area contributed by atoms with Crippen LogP contribution in [0, 0.1) is 6.92 Å². The van der Waals surface area contributed by atoms with Crippen LogP contribution in [0.3, 0.4) is 0 Å². The van der Waals surface area contributed by atoms with Gasteiger partial charge in [-0.1, -0.05) is 17.7 Å². The molecule has 0 radical (unpaired) electrons. The number of hydrogen-bond acceptors (Lipinski definition) is 2. The number of carbonyl (C=O) groups excluding carboxylic acids is 1. The lowest BCUT2D eigenvalue weighted by molar-refractivity contribution is -0.123. The van der Waals surface area contributed by atoms with Crippen LogP contribution in [0.15, 0.2) is 12.1 Å². The summed E-state index contributed by atoms with van der Waals surface area (Å²) in [4.78, 5) is 11.1. The van der Waals surface area contributed by atoms with Crippen LogP contribution in [0.1, 0.15) is 17.2 Å². The molecule has 1 heterocycles. The van der Waals surface area contributed by atoms with E-state index < -0.39 is 6.10 Å². The van der Waals surface area contributed by atoms with E-state index >= 15 is 0 Å². The van der Waals surface area contributed by atoms with Crippen molar-refractivity contribution in [1.29, 1.82) is 0 Å². The highest BCUT2D eigenvalue weighted by Crippen LogP contribution is 2.36. The van der Waals surface area contributed by atoms with Crippen molar-refractivity contribution in [2.24, 2.45) is 0 Å². The molecule has 0 spiro atoms. The van der Waals surface area contributed by atoms with E-state index in [4.69, 9.17) is 11.6 Å². The monoisotopic (exact) mass is 197 g/mol. The van der Waals surface area contributed by atoms with Crippen LogP contribution >= 0.6 is 11.6 Å². The fourth-order valence-corrected chi connectivity index (χ4v) is 1.59. The molecule has 4 heteroatoms. The Kier molecular flexibility index (Phi) is 1.78. The van der Waals surface area contributed by atoms with Gasteiger partial charge in [-0.15, -0.1) is 0 Å². The normalized spacial score (nSPS) is 19.9. The fraction of sp³-hybridized carbons (Fsp3) is 0.222. The predicted molar refractivity (Wildman–Crippen MR) is 49.8 cm³/mol. The zero-order valence-electron chi connectivity index (χ0n) is 6.97. The van der Waals surface area contributed by atoms with Crippen LogP contribution in [-0.2, 0) is 4.79 Å². The lowest BCUT2D eigenvalue weighted by Gasteiger charge is -2.04. The zero-order valence-corrected chi connectivity index (χ0v) is 7.72. The highest BCUT2D eigenvalue weighted by molar-refractivity contribution is 6.32. The van der Waals surface area contributed by atoms with Crippen molar-refractivity contribution in [3.8, 4) is 0 Å². The minimum absolute atomic E-state index is 0.389. The van der Waals surface area contributed by atoms with Gasteiger partial charge < -0.3 is 10.4 Å². The number of aliphatic hydroxyl groups excluding tert-OH is 1. The van der Waals surface area contributed by atoms with E-state index in [0.29, 0.717) is 16.3 Å². The van der Waals surface area contributed by atoms with Gasteiger partial charge in [-0.05, 0) is 18.6 Å². The summed E-state index contributed by atoms with van der Waals surface area (Å²) >= 11 is 5.85. The molecule has 0 aromatic heterocycles. The van der Waals surface area contributed by atoms with Crippen molar-refractivity contribution in [3.63, 3.8) is 0 Å². The molecule has 1 aliphatic heterocycles. The van der Waals surface area contributed by atoms with Gasteiger partial charge in [0.2, 0.25) is 0 Å². The van der Waals surface area contributed by atoms with Gasteiger partial charge in [0.1, 0.15) is 0 Å². The SMILES string of the molecule is Cc1c(Cl)ccc2c1NC(=O)C2O. The number of hydrogen-bond donors (Lipinski definition) is 2. The second-order valence-electron chi connectivity index (χ2n) is 3.03. The second kappa shape index (κ2) is 2.72. The summed E-state index contributed by atoms with van der Waals surface area (Å²) in [5, 5.41) is 12.6. The van der Waals surface area contributed by atoms with Crippen molar-refractivity contribution >= 4 is 23.2 Å². The van der Waals surface area contributed by atoms with E-state index in [0.717, 1.165) is 5.56 Å². The molecule has 0 saturated carbocycles. The Labute approximate surface area is 80.3 Å². The van der Waals surface area contributed by atoms with Crippen LogP contribution < -0.4 is 5.32 Å². The van der Waals surface area contributed by atoms with E-state index in [1.165, 1.54) is 0 Å². The van der Waals surface area contributed by atoms with Crippen molar-refractivity contribution in [2.45, 2.75) is 13.0 Å². The van der Waals surface area contributed by atoms with Crippen molar-refractivity contribution in [1.82, 2.24) is 0 Å². The third-order valence-corrected chi connectivity index (χ3v) is 2.63. The topological polar surface area (TPSA) is 49.3 Å². The Bertz CT molecular complexity index is 389. The van der Waals surface area contributed by atoms with Crippen LogP contribution in [0.5, 0.6) is 0 Å². The Morgan fingerprint density at radius 1 is 1.54 bits per heavy atom. The Morgan fingerprint density at radius 3 is 2.92 bits per heavy atom. The van der Waals surface area contributed by atoms with Gasteiger partial charge in [-0.25, -0.2) is 0 Å². The first-order chi connectivity index (χ1) is 6.11. The van der Waals surface area contributed by atoms with Crippen LogP contribution in [-0.4, -0.2) is 11.0 Å². The highest BCUT2D eigenvalue weighted by Gasteiger charge is 2.29. The number of amides is 1. The average Bonchev–Trinajstić information content (AvgIpc) is 2.38. The maximum Gasteiger partial charge on any atom is 0.257 e. The smallest absolute Gasteiger partial charge is 0.257 e. The van der Waals surface area contributed by atoms with Gasteiger partial charge in [0, 0.05) is 10.6 Å². The molecule has 68 valence electrons. The molecule has 0 saturated heterocycles. The number of carbonyl (C=O) groups is 1. The van der Waals surface area contributed by atoms with Crippen molar-refractivity contribution in [3.05, 3.63) is 28.3 Å². The minimum atomic E-state index is -1.05. The molecule has 0 aliphatic carbocycles. The summed E-state index contributed by atoms with van der Waals surface area (Å²) in [5.41, 5.74) is 2.04. The molecule has 1 aliphatic rings. The molecule has 2 N–H and O–H groups in total. The Balaban J connectivity index is 2.64. The van der Waals surface area contributed by atoms with E-state index in [2.05, 4.69) is 5.32 Å². The maximum absolute atomic E-state index is 11.1. The van der Waals surface area contributed by atoms with Gasteiger partial charge in [-0.2, -0.15) is 0 Å². The molecule has 2 rings (SSSR count). The molecule has 0 bridgehead atoms. The zero-order chi connectivity index (χ0) is 9.59. The first kappa shape index (κ1) is 8.53. The summed E-state index contributed by atoms with van der Waals surface area (Å²) in [7, 11) is 0.